The van der Waals surface area contributed by atoms with Gasteiger partial charge in [0.1, 0.15) is 0 Å². The minimum Gasteiger partial charge on any atom is -0.396 e. The fourth-order valence-corrected chi connectivity index (χ4v) is 7.10. The van der Waals surface area contributed by atoms with Crippen LogP contribution in [0.5, 0.6) is 0 Å². The summed E-state index contributed by atoms with van der Waals surface area (Å²) in [5.41, 5.74) is 2.36. The zero-order valence-electron chi connectivity index (χ0n) is 12.0. The molecule has 7 heteroatoms. The lowest BCUT2D eigenvalue weighted by Gasteiger charge is -2.00. The summed E-state index contributed by atoms with van der Waals surface area (Å²) in [4.78, 5) is 4.89. The number of rotatable bonds is 6. The Morgan fingerprint density at radius 1 is 0.739 bits per heavy atom. The molecule has 0 aromatic carbocycles. The molecule has 0 saturated carbocycles. The van der Waals surface area contributed by atoms with E-state index in [0.717, 1.165) is 7.57 Å². The van der Waals surface area contributed by atoms with Crippen LogP contribution in [0.4, 0.5) is 0 Å². The second-order valence-corrected chi connectivity index (χ2v) is 10.9. The van der Waals surface area contributed by atoms with Crippen LogP contribution in [0.25, 0.3) is 19.5 Å². The molecule has 0 amide bonds. The molecule has 3 aromatic heterocycles. The SMILES string of the molecule is OCCc1cc(Br)sc1-c1ccc(-c2sc(Br)cc2CCO)s1. The van der Waals surface area contributed by atoms with Crippen LogP contribution in [-0.2, 0) is 12.8 Å². The van der Waals surface area contributed by atoms with E-state index in [1.807, 2.05) is 0 Å². The van der Waals surface area contributed by atoms with Gasteiger partial charge in [-0.2, -0.15) is 0 Å². The summed E-state index contributed by atoms with van der Waals surface area (Å²) in [5.74, 6) is 0. The van der Waals surface area contributed by atoms with E-state index in [0.29, 0.717) is 12.8 Å². The van der Waals surface area contributed by atoms with Crippen molar-refractivity contribution in [3.05, 3.63) is 43.0 Å². The van der Waals surface area contributed by atoms with Gasteiger partial charge in [-0.25, -0.2) is 0 Å². The summed E-state index contributed by atoms with van der Waals surface area (Å²) in [6, 6.07) is 8.48. The van der Waals surface area contributed by atoms with Crippen LogP contribution in [0.1, 0.15) is 11.1 Å². The Morgan fingerprint density at radius 2 is 1.17 bits per heavy atom. The third-order valence-corrected chi connectivity index (χ3v) is 8.18. The number of hydrogen-bond donors (Lipinski definition) is 2. The fourth-order valence-electron chi connectivity index (χ4n) is 2.40. The van der Waals surface area contributed by atoms with E-state index >= 15 is 0 Å². The molecule has 0 bridgehead atoms. The van der Waals surface area contributed by atoms with E-state index in [1.165, 1.54) is 30.6 Å². The first-order chi connectivity index (χ1) is 11.1. The van der Waals surface area contributed by atoms with Gasteiger partial charge >= 0.3 is 0 Å². The van der Waals surface area contributed by atoms with Crippen molar-refractivity contribution in [2.24, 2.45) is 0 Å². The molecule has 0 aliphatic rings. The predicted octanol–water partition coefficient (Wildman–Crippen LogP) is 5.80. The molecule has 0 atom stereocenters. The van der Waals surface area contributed by atoms with Crippen LogP contribution >= 0.6 is 65.9 Å². The van der Waals surface area contributed by atoms with Crippen molar-refractivity contribution >= 4 is 65.9 Å². The van der Waals surface area contributed by atoms with Crippen molar-refractivity contribution in [3.63, 3.8) is 0 Å². The molecule has 3 rings (SSSR count). The summed E-state index contributed by atoms with van der Waals surface area (Å²) in [6.45, 7) is 0.319. The normalized spacial score (nSPS) is 11.3. The van der Waals surface area contributed by atoms with Gasteiger partial charge in [0.25, 0.3) is 0 Å². The Morgan fingerprint density at radius 3 is 1.57 bits per heavy atom. The average Bonchev–Trinajstić information content (AvgIpc) is 3.19. The van der Waals surface area contributed by atoms with Crippen LogP contribution in [0, 0.1) is 0 Å². The first-order valence-corrected chi connectivity index (χ1v) is 11.0. The molecule has 122 valence electrons. The van der Waals surface area contributed by atoms with Gasteiger partial charge in [-0.05, 0) is 80.1 Å². The number of hydrogen-bond acceptors (Lipinski definition) is 5. The molecule has 0 fully saturated rings. The van der Waals surface area contributed by atoms with Crippen molar-refractivity contribution < 1.29 is 10.2 Å². The van der Waals surface area contributed by atoms with Crippen molar-refractivity contribution in [3.8, 4) is 19.5 Å². The fraction of sp³-hybridized carbons (Fsp3) is 0.250. The van der Waals surface area contributed by atoms with Crippen LogP contribution in [-0.4, -0.2) is 23.4 Å². The van der Waals surface area contributed by atoms with Gasteiger partial charge in [0.05, 0.1) is 7.57 Å². The third-order valence-electron chi connectivity index (χ3n) is 3.37. The average molecular weight is 494 g/mol. The Labute approximate surface area is 163 Å². The van der Waals surface area contributed by atoms with Crippen molar-refractivity contribution in [2.45, 2.75) is 12.8 Å². The Hall–Kier alpha value is -0.0200. The molecule has 2 N–H and O–H groups in total. The molecule has 0 radical (unpaired) electrons. The van der Waals surface area contributed by atoms with Gasteiger partial charge in [0.15, 0.2) is 0 Å². The van der Waals surface area contributed by atoms with Crippen LogP contribution in [0.15, 0.2) is 31.8 Å². The zero-order chi connectivity index (χ0) is 16.4. The molecule has 3 heterocycles. The van der Waals surface area contributed by atoms with Crippen molar-refractivity contribution in [1.29, 1.82) is 0 Å². The lowest BCUT2D eigenvalue weighted by Crippen LogP contribution is -1.89. The van der Waals surface area contributed by atoms with Crippen LogP contribution in [0.3, 0.4) is 0 Å². The largest absolute Gasteiger partial charge is 0.396 e. The van der Waals surface area contributed by atoms with Gasteiger partial charge < -0.3 is 10.2 Å². The maximum atomic E-state index is 9.25. The highest BCUT2D eigenvalue weighted by Gasteiger charge is 2.16. The molecule has 0 aliphatic heterocycles. The van der Waals surface area contributed by atoms with E-state index in [-0.39, 0.29) is 13.2 Å². The molecule has 0 unspecified atom stereocenters. The van der Waals surface area contributed by atoms with E-state index < -0.39 is 0 Å². The Balaban J connectivity index is 1.98. The van der Waals surface area contributed by atoms with Gasteiger partial charge in [-0.1, -0.05) is 0 Å². The Kier molecular flexibility index (Phi) is 6.12. The number of thiophene rings is 3. The summed E-state index contributed by atoms with van der Waals surface area (Å²) >= 11 is 12.3. The molecule has 0 saturated heterocycles. The van der Waals surface area contributed by atoms with Crippen LogP contribution in [0.2, 0.25) is 0 Å². The van der Waals surface area contributed by atoms with E-state index in [4.69, 9.17) is 0 Å². The molecule has 3 aromatic rings. The minimum absolute atomic E-state index is 0.160. The van der Waals surface area contributed by atoms with Crippen LogP contribution < -0.4 is 0 Å². The van der Waals surface area contributed by atoms with E-state index in [2.05, 4.69) is 56.1 Å². The first-order valence-electron chi connectivity index (χ1n) is 7.01. The highest BCUT2D eigenvalue weighted by atomic mass is 79.9. The van der Waals surface area contributed by atoms with Gasteiger partial charge in [0.2, 0.25) is 0 Å². The Bertz CT molecular complexity index is 739. The highest BCUT2D eigenvalue weighted by molar-refractivity contribution is 9.11. The van der Waals surface area contributed by atoms with E-state index in [9.17, 15) is 10.2 Å². The number of aliphatic hydroxyl groups excluding tert-OH is 2. The van der Waals surface area contributed by atoms with Gasteiger partial charge in [-0.3, -0.25) is 0 Å². The standard InChI is InChI=1S/C16H14Br2O2S3/c17-13-7-9(3-5-19)15(22-13)11-1-2-12(21-11)16-10(4-6-20)8-14(18)23-16/h1-2,7-8,19-20H,3-6H2. The predicted molar refractivity (Wildman–Crippen MR) is 108 cm³/mol. The topological polar surface area (TPSA) is 40.5 Å². The van der Waals surface area contributed by atoms with Crippen molar-refractivity contribution in [1.82, 2.24) is 0 Å². The van der Waals surface area contributed by atoms with Crippen molar-refractivity contribution in [2.75, 3.05) is 13.2 Å². The lowest BCUT2D eigenvalue weighted by atomic mass is 10.1. The summed E-state index contributed by atoms with van der Waals surface area (Å²) in [7, 11) is 0. The molecular weight excluding hydrogens is 480 g/mol. The van der Waals surface area contributed by atoms with Gasteiger partial charge in [0, 0.05) is 32.7 Å². The quantitative estimate of drug-likeness (QED) is 0.455. The van der Waals surface area contributed by atoms with E-state index in [1.54, 1.807) is 34.0 Å². The van der Waals surface area contributed by atoms with Gasteiger partial charge in [-0.15, -0.1) is 34.0 Å². The summed E-state index contributed by atoms with van der Waals surface area (Å²) in [5, 5.41) is 18.5. The second kappa shape index (κ2) is 7.91. The summed E-state index contributed by atoms with van der Waals surface area (Å²) in [6.07, 6.45) is 1.34. The smallest absolute Gasteiger partial charge is 0.0708 e. The maximum Gasteiger partial charge on any atom is 0.0708 e. The molecule has 0 spiro atoms. The number of aliphatic hydroxyl groups is 2. The third kappa shape index (κ3) is 3.98. The number of halogens is 2. The lowest BCUT2D eigenvalue weighted by molar-refractivity contribution is 0.299. The molecule has 23 heavy (non-hydrogen) atoms. The maximum absolute atomic E-state index is 9.25. The molecule has 0 aliphatic carbocycles. The second-order valence-electron chi connectivity index (χ2n) is 4.92. The summed E-state index contributed by atoms with van der Waals surface area (Å²) < 4.78 is 2.18. The monoisotopic (exact) mass is 492 g/mol. The first kappa shape index (κ1) is 17.8. The highest BCUT2D eigenvalue weighted by Crippen LogP contribution is 2.45. The molecule has 2 nitrogen and oxygen atoms in total. The molecular formula is C16H14Br2O2S3. The zero-order valence-corrected chi connectivity index (χ0v) is 17.6. The minimum atomic E-state index is 0.160.